The van der Waals surface area contributed by atoms with E-state index in [9.17, 15) is 14.0 Å². The minimum Gasteiger partial charge on any atom is -0.342 e. The molecule has 8 nitrogen and oxygen atoms in total. The molecule has 0 amide bonds. The molecule has 0 saturated carbocycles. The second-order valence-electron chi connectivity index (χ2n) is 7.41. The Kier molecular flexibility index (Phi) is 5.11. The van der Waals surface area contributed by atoms with Crippen LogP contribution in [0.3, 0.4) is 0 Å². The van der Waals surface area contributed by atoms with Crippen molar-refractivity contribution in [3.63, 3.8) is 0 Å². The Morgan fingerprint density at radius 1 is 1.27 bits per heavy atom. The van der Waals surface area contributed by atoms with E-state index in [2.05, 4.69) is 32.0 Å². The maximum absolute atomic E-state index is 13.2. The van der Waals surface area contributed by atoms with Crippen molar-refractivity contribution in [1.29, 1.82) is 0 Å². The highest BCUT2D eigenvalue weighted by Gasteiger charge is 2.36. The summed E-state index contributed by atoms with van der Waals surface area (Å²) in [6, 6.07) is 5.10. The predicted molar refractivity (Wildman–Crippen MR) is 107 cm³/mol. The normalized spacial score (nSPS) is 16.2. The fourth-order valence-corrected chi connectivity index (χ4v) is 3.84. The van der Waals surface area contributed by atoms with Gasteiger partial charge in [0.1, 0.15) is 35.9 Å². The van der Waals surface area contributed by atoms with Crippen LogP contribution in [0, 0.1) is 5.82 Å². The van der Waals surface area contributed by atoms with Crippen molar-refractivity contribution in [1.82, 2.24) is 24.7 Å². The van der Waals surface area contributed by atoms with Gasteiger partial charge < -0.3 is 9.69 Å². The summed E-state index contributed by atoms with van der Waals surface area (Å²) in [6.07, 6.45) is 4.50. The molecule has 154 valence electrons. The van der Waals surface area contributed by atoms with E-state index in [1.54, 1.807) is 12.5 Å². The van der Waals surface area contributed by atoms with E-state index in [1.165, 1.54) is 24.3 Å². The second kappa shape index (κ2) is 7.74. The maximum Gasteiger partial charge on any atom is 0.180 e. The molecule has 0 radical (unpaired) electrons. The Morgan fingerprint density at radius 3 is 2.63 bits per heavy atom. The Morgan fingerprint density at radius 2 is 2.00 bits per heavy atom. The van der Waals surface area contributed by atoms with Gasteiger partial charge in [0.05, 0.1) is 12.2 Å². The van der Waals surface area contributed by atoms with Crippen LogP contribution in [0.5, 0.6) is 0 Å². The Hall–Kier alpha value is -3.49. The third kappa shape index (κ3) is 3.16. The van der Waals surface area contributed by atoms with Crippen molar-refractivity contribution in [2.24, 2.45) is 0 Å². The number of carbonyl (C=O) groups is 2. The van der Waals surface area contributed by atoms with Gasteiger partial charge >= 0.3 is 0 Å². The molecule has 30 heavy (non-hydrogen) atoms. The number of hydrogen-bond donors (Lipinski definition) is 0. The average Bonchev–Trinajstić information content (AvgIpc) is 3.23. The molecule has 0 bridgehead atoms. The molecule has 1 aliphatic heterocycles. The fourth-order valence-electron chi connectivity index (χ4n) is 3.84. The van der Waals surface area contributed by atoms with E-state index >= 15 is 0 Å². The molecule has 1 unspecified atom stereocenters. The lowest BCUT2D eigenvalue weighted by atomic mass is 9.98. The van der Waals surface area contributed by atoms with Gasteiger partial charge in [-0.25, -0.2) is 14.4 Å². The topological polar surface area (TPSA) is 93.9 Å². The molecule has 1 aromatic carbocycles. The summed E-state index contributed by atoms with van der Waals surface area (Å²) in [5.41, 5.74) is 0.916. The third-order valence-corrected chi connectivity index (χ3v) is 5.25. The minimum atomic E-state index is -1.18. The molecule has 0 N–H and O–H groups in total. The molecule has 9 heteroatoms. The summed E-state index contributed by atoms with van der Waals surface area (Å²) in [4.78, 5) is 35.8. The molecule has 0 fully saturated rings. The third-order valence-electron chi connectivity index (χ3n) is 5.25. The molecular weight excluding hydrogens is 387 g/mol. The number of benzene rings is 1. The molecule has 3 aromatic rings. The molecule has 1 aliphatic rings. The van der Waals surface area contributed by atoms with Crippen LogP contribution in [-0.4, -0.2) is 42.8 Å². The fraction of sp³-hybridized carbons (Fsp3) is 0.333. The second-order valence-corrected chi connectivity index (χ2v) is 7.41. The van der Waals surface area contributed by atoms with Gasteiger partial charge in [0.15, 0.2) is 17.4 Å². The molecule has 0 spiro atoms. The zero-order valence-electron chi connectivity index (χ0n) is 16.9. The number of anilines is 1. The van der Waals surface area contributed by atoms with Crippen molar-refractivity contribution < 1.29 is 14.0 Å². The average molecular weight is 408 g/mol. The number of aromatic nitrogens is 5. The minimum absolute atomic E-state index is 0.0507. The lowest BCUT2D eigenvalue weighted by Gasteiger charge is -2.39. The SMILES string of the molecule is CC[C@@H]1c2nncn2-c2cnc(C(C=O)C(=O)c3ccc(F)cc3)nc2N1C(C)C. The molecular formula is C21H21FN6O2. The van der Waals surface area contributed by atoms with Crippen LogP contribution >= 0.6 is 0 Å². The number of nitrogens with zero attached hydrogens (tertiary/aromatic N) is 6. The number of fused-ring (bicyclic) bond motifs is 3. The zero-order valence-corrected chi connectivity index (χ0v) is 16.9. The summed E-state index contributed by atoms with van der Waals surface area (Å²) in [6.45, 7) is 6.14. The Bertz CT molecular complexity index is 1100. The highest BCUT2D eigenvalue weighted by molar-refractivity contribution is 6.08. The number of rotatable bonds is 6. The summed E-state index contributed by atoms with van der Waals surface area (Å²) in [5.74, 6) is -0.597. The van der Waals surface area contributed by atoms with Crippen LogP contribution in [0.2, 0.25) is 0 Å². The summed E-state index contributed by atoms with van der Waals surface area (Å²) >= 11 is 0. The van der Waals surface area contributed by atoms with Crippen LogP contribution in [0.1, 0.15) is 61.2 Å². The maximum atomic E-state index is 13.2. The zero-order chi connectivity index (χ0) is 21.4. The van der Waals surface area contributed by atoms with E-state index in [1.807, 2.05) is 18.4 Å². The molecule has 3 heterocycles. The smallest absolute Gasteiger partial charge is 0.180 e. The van der Waals surface area contributed by atoms with Gasteiger partial charge in [-0.15, -0.1) is 10.2 Å². The van der Waals surface area contributed by atoms with Gasteiger partial charge in [0.25, 0.3) is 0 Å². The van der Waals surface area contributed by atoms with Crippen molar-refractivity contribution in [2.75, 3.05) is 4.90 Å². The van der Waals surface area contributed by atoms with Crippen LogP contribution in [0.15, 0.2) is 36.8 Å². The first-order valence-electron chi connectivity index (χ1n) is 9.76. The molecule has 2 atom stereocenters. The summed E-state index contributed by atoms with van der Waals surface area (Å²) in [5, 5.41) is 8.30. The summed E-state index contributed by atoms with van der Waals surface area (Å²) < 4.78 is 15.0. The Balaban J connectivity index is 1.81. The quantitative estimate of drug-likeness (QED) is 0.351. The first-order valence-corrected chi connectivity index (χ1v) is 9.76. The molecule has 2 aromatic heterocycles. The Labute approximate surface area is 172 Å². The number of aldehydes is 1. The van der Waals surface area contributed by atoms with Crippen LogP contribution < -0.4 is 4.90 Å². The highest BCUT2D eigenvalue weighted by atomic mass is 19.1. The van der Waals surface area contributed by atoms with Crippen molar-refractivity contribution in [3.05, 3.63) is 59.8 Å². The van der Waals surface area contributed by atoms with E-state index in [-0.39, 0.29) is 23.5 Å². The largest absolute Gasteiger partial charge is 0.342 e. The monoisotopic (exact) mass is 408 g/mol. The lowest BCUT2D eigenvalue weighted by molar-refractivity contribution is -0.108. The van der Waals surface area contributed by atoms with E-state index in [0.29, 0.717) is 17.8 Å². The van der Waals surface area contributed by atoms with E-state index in [4.69, 9.17) is 0 Å². The first kappa shape index (κ1) is 19.8. The van der Waals surface area contributed by atoms with Crippen LogP contribution in [0.25, 0.3) is 5.69 Å². The van der Waals surface area contributed by atoms with Crippen LogP contribution in [0.4, 0.5) is 10.2 Å². The molecule has 0 saturated heterocycles. The number of carbonyl (C=O) groups excluding carboxylic acids is 2. The van der Waals surface area contributed by atoms with Crippen molar-refractivity contribution >= 4 is 17.9 Å². The van der Waals surface area contributed by atoms with Gasteiger partial charge in [-0.1, -0.05) is 6.92 Å². The predicted octanol–water partition coefficient (Wildman–Crippen LogP) is 3.04. The lowest BCUT2D eigenvalue weighted by Crippen LogP contribution is -2.40. The molecule has 0 aliphatic carbocycles. The first-order chi connectivity index (χ1) is 14.5. The van der Waals surface area contributed by atoms with Crippen molar-refractivity contribution in [3.8, 4) is 5.69 Å². The summed E-state index contributed by atoms with van der Waals surface area (Å²) in [7, 11) is 0. The number of hydrogen-bond acceptors (Lipinski definition) is 7. The van der Waals surface area contributed by atoms with Gasteiger partial charge in [0, 0.05) is 11.6 Å². The van der Waals surface area contributed by atoms with E-state index < -0.39 is 17.5 Å². The van der Waals surface area contributed by atoms with Gasteiger partial charge in [-0.2, -0.15) is 0 Å². The van der Waals surface area contributed by atoms with Crippen LogP contribution in [-0.2, 0) is 4.79 Å². The number of ketones is 1. The highest BCUT2D eigenvalue weighted by Crippen LogP contribution is 2.39. The molecule has 4 rings (SSSR count). The van der Waals surface area contributed by atoms with Gasteiger partial charge in [-0.05, 0) is 44.5 Å². The number of Topliss-reactive ketones (excluding diaryl/α,β-unsaturated/α-hetero) is 1. The standard InChI is InChI=1S/C21H21FN6O2/c1-4-16-21-26-24-11-27(21)17-9-23-19(25-20(17)28(16)12(2)3)15(10-29)18(30)13-5-7-14(22)8-6-13/h5-12,15-16H,4H2,1-3H3/t15?,16-/m1/s1. The van der Waals surface area contributed by atoms with E-state index in [0.717, 1.165) is 12.2 Å². The van der Waals surface area contributed by atoms with Gasteiger partial charge in [-0.3, -0.25) is 9.36 Å². The number of halogens is 1. The van der Waals surface area contributed by atoms with Crippen molar-refractivity contribution in [2.45, 2.75) is 45.2 Å². The van der Waals surface area contributed by atoms with Gasteiger partial charge in [0.2, 0.25) is 0 Å².